The molecule has 3 aromatic rings. The first-order valence-electron chi connectivity index (χ1n) is 8.04. The van der Waals surface area contributed by atoms with Gasteiger partial charge < -0.3 is 15.2 Å². The van der Waals surface area contributed by atoms with Crippen LogP contribution in [0, 0.1) is 0 Å². The number of nitrogens with one attached hydrogen (secondary N) is 1. The molecular formula is C20H17NO4S. The van der Waals surface area contributed by atoms with Gasteiger partial charge in [0.25, 0.3) is 5.91 Å². The van der Waals surface area contributed by atoms with E-state index in [1.165, 1.54) is 35.6 Å². The Balaban J connectivity index is 1.96. The van der Waals surface area contributed by atoms with E-state index in [9.17, 15) is 14.7 Å². The lowest BCUT2D eigenvalue weighted by atomic mass is 10.0. The number of thiophene rings is 1. The molecule has 1 amide bonds. The van der Waals surface area contributed by atoms with Crippen molar-refractivity contribution in [1.29, 1.82) is 0 Å². The molecule has 0 saturated heterocycles. The second-order valence-corrected chi connectivity index (χ2v) is 6.32. The Hall–Kier alpha value is -3.12. The number of benzene rings is 2. The highest BCUT2D eigenvalue weighted by Crippen LogP contribution is 2.36. The molecule has 3 rings (SSSR count). The minimum atomic E-state index is -0.478. The van der Waals surface area contributed by atoms with Gasteiger partial charge in [-0.05, 0) is 36.8 Å². The zero-order valence-electron chi connectivity index (χ0n) is 14.1. The van der Waals surface area contributed by atoms with Crippen molar-refractivity contribution < 1.29 is 19.4 Å². The molecular weight excluding hydrogens is 350 g/mol. The molecule has 0 saturated carbocycles. The van der Waals surface area contributed by atoms with E-state index in [-0.39, 0.29) is 18.3 Å². The third kappa shape index (κ3) is 3.75. The van der Waals surface area contributed by atoms with Crippen LogP contribution in [0.25, 0.3) is 11.1 Å². The van der Waals surface area contributed by atoms with Crippen molar-refractivity contribution in [2.45, 2.75) is 6.92 Å². The summed E-state index contributed by atoms with van der Waals surface area (Å²) in [5, 5.41) is 14.4. The van der Waals surface area contributed by atoms with Gasteiger partial charge in [-0.3, -0.25) is 4.79 Å². The molecule has 26 heavy (non-hydrogen) atoms. The molecule has 0 unspecified atom stereocenters. The number of hydrogen-bond donors (Lipinski definition) is 2. The summed E-state index contributed by atoms with van der Waals surface area (Å²) in [5.74, 6) is -0.762. The lowest BCUT2D eigenvalue weighted by molar-refractivity contribution is 0.0529. The van der Waals surface area contributed by atoms with Crippen molar-refractivity contribution in [3.63, 3.8) is 0 Å². The largest absolute Gasteiger partial charge is 0.508 e. The van der Waals surface area contributed by atoms with Crippen LogP contribution in [0.2, 0.25) is 0 Å². The quantitative estimate of drug-likeness (QED) is 0.649. The Labute approximate surface area is 154 Å². The van der Waals surface area contributed by atoms with E-state index in [0.29, 0.717) is 16.1 Å². The first-order valence-corrected chi connectivity index (χ1v) is 8.92. The Kier molecular flexibility index (Phi) is 5.34. The van der Waals surface area contributed by atoms with Crippen molar-refractivity contribution in [3.05, 3.63) is 71.1 Å². The van der Waals surface area contributed by atoms with Crippen LogP contribution in [0.5, 0.6) is 5.75 Å². The molecule has 6 heteroatoms. The third-order valence-corrected chi connectivity index (χ3v) is 4.61. The van der Waals surface area contributed by atoms with Crippen molar-refractivity contribution in [2.75, 3.05) is 11.9 Å². The van der Waals surface area contributed by atoms with Crippen LogP contribution in [0.15, 0.2) is 60.0 Å². The fourth-order valence-electron chi connectivity index (χ4n) is 2.47. The Morgan fingerprint density at radius 2 is 1.77 bits per heavy atom. The van der Waals surface area contributed by atoms with Crippen LogP contribution < -0.4 is 5.32 Å². The van der Waals surface area contributed by atoms with Gasteiger partial charge in [0.2, 0.25) is 0 Å². The van der Waals surface area contributed by atoms with Crippen LogP contribution in [0.4, 0.5) is 5.00 Å². The van der Waals surface area contributed by atoms with E-state index in [1.54, 1.807) is 6.92 Å². The highest BCUT2D eigenvalue weighted by molar-refractivity contribution is 7.15. The summed E-state index contributed by atoms with van der Waals surface area (Å²) in [6.07, 6.45) is 0. The van der Waals surface area contributed by atoms with Crippen molar-refractivity contribution in [3.8, 4) is 16.9 Å². The molecule has 132 valence electrons. The SMILES string of the molecule is CCOC(=O)c1c(-c2ccccc2)csc1NC(=O)c1ccc(O)cc1. The Bertz CT molecular complexity index is 917. The van der Waals surface area contributed by atoms with Crippen LogP contribution in [-0.2, 0) is 4.74 Å². The smallest absolute Gasteiger partial charge is 0.341 e. The van der Waals surface area contributed by atoms with E-state index in [1.807, 2.05) is 35.7 Å². The van der Waals surface area contributed by atoms with Gasteiger partial charge in [-0.2, -0.15) is 0 Å². The predicted molar refractivity (Wildman–Crippen MR) is 102 cm³/mol. The molecule has 1 heterocycles. The molecule has 0 fully saturated rings. The van der Waals surface area contributed by atoms with Crippen LogP contribution in [-0.4, -0.2) is 23.6 Å². The first kappa shape index (κ1) is 17.7. The molecule has 2 aromatic carbocycles. The summed E-state index contributed by atoms with van der Waals surface area (Å²) in [4.78, 5) is 24.9. The molecule has 5 nitrogen and oxygen atoms in total. The fourth-order valence-corrected chi connectivity index (χ4v) is 3.43. The van der Waals surface area contributed by atoms with E-state index in [4.69, 9.17) is 4.74 Å². The van der Waals surface area contributed by atoms with E-state index >= 15 is 0 Å². The van der Waals surface area contributed by atoms with Crippen molar-refractivity contribution in [1.82, 2.24) is 0 Å². The number of phenolic OH excluding ortho intramolecular Hbond substituents is 1. The second kappa shape index (κ2) is 7.84. The molecule has 1 aromatic heterocycles. The summed E-state index contributed by atoms with van der Waals surface area (Å²) < 4.78 is 5.18. The molecule has 0 spiro atoms. The zero-order valence-corrected chi connectivity index (χ0v) is 14.9. The van der Waals surface area contributed by atoms with E-state index < -0.39 is 5.97 Å². The van der Waals surface area contributed by atoms with Gasteiger partial charge in [0, 0.05) is 16.5 Å². The maximum atomic E-state index is 12.5. The standard InChI is InChI=1S/C20H17NO4S/c1-2-25-20(24)17-16(13-6-4-3-5-7-13)12-26-19(17)21-18(23)14-8-10-15(22)11-9-14/h3-12,22H,2H2,1H3,(H,21,23). The van der Waals surface area contributed by atoms with Gasteiger partial charge in [-0.15, -0.1) is 11.3 Å². The van der Waals surface area contributed by atoms with Gasteiger partial charge in [-0.1, -0.05) is 30.3 Å². The van der Waals surface area contributed by atoms with Crippen LogP contribution in [0.3, 0.4) is 0 Å². The Morgan fingerprint density at radius 3 is 2.42 bits per heavy atom. The topological polar surface area (TPSA) is 75.6 Å². The van der Waals surface area contributed by atoms with Crippen molar-refractivity contribution in [2.24, 2.45) is 0 Å². The van der Waals surface area contributed by atoms with Gasteiger partial charge in [0.1, 0.15) is 16.3 Å². The lowest BCUT2D eigenvalue weighted by Gasteiger charge is -2.09. The number of aromatic hydroxyl groups is 1. The normalized spacial score (nSPS) is 10.3. The molecule has 0 aliphatic heterocycles. The monoisotopic (exact) mass is 367 g/mol. The molecule has 0 radical (unpaired) electrons. The maximum Gasteiger partial charge on any atom is 0.341 e. The number of rotatable bonds is 5. The summed E-state index contributed by atoms with van der Waals surface area (Å²) in [5.41, 5.74) is 2.31. The summed E-state index contributed by atoms with van der Waals surface area (Å²) >= 11 is 1.27. The number of hydrogen-bond acceptors (Lipinski definition) is 5. The fraction of sp³-hybridized carbons (Fsp3) is 0.100. The second-order valence-electron chi connectivity index (χ2n) is 5.44. The average Bonchev–Trinajstić information content (AvgIpc) is 3.07. The van der Waals surface area contributed by atoms with Gasteiger partial charge >= 0.3 is 5.97 Å². The lowest BCUT2D eigenvalue weighted by Crippen LogP contribution is -2.14. The molecule has 0 bridgehead atoms. The number of esters is 1. The summed E-state index contributed by atoms with van der Waals surface area (Å²) in [6, 6.07) is 15.4. The zero-order chi connectivity index (χ0) is 18.5. The highest BCUT2D eigenvalue weighted by Gasteiger charge is 2.23. The number of phenols is 1. The third-order valence-electron chi connectivity index (χ3n) is 3.71. The minimum Gasteiger partial charge on any atom is -0.508 e. The number of carbonyl (C=O) groups is 2. The van der Waals surface area contributed by atoms with Crippen LogP contribution in [0.1, 0.15) is 27.6 Å². The van der Waals surface area contributed by atoms with Gasteiger partial charge in [-0.25, -0.2) is 4.79 Å². The highest BCUT2D eigenvalue weighted by atomic mass is 32.1. The summed E-state index contributed by atoms with van der Waals surface area (Å²) in [7, 11) is 0. The minimum absolute atomic E-state index is 0.0799. The number of amides is 1. The average molecular weight is 367 g/mol. The predicted octanol–water partition coefficient (Wildman–Crippen LogP) is 4.55. The van der Waals surface area contributed by atoms with E-state index in [0.717, 1.165) is 11.1 Å². The van der Waals surface area contributed by atoms with Gasteiger partial charge in [0.15, 0.2) is 0 Å². The summed E-state index contributed by atoms with van der Waals surface area (Å²) in [6.45, 7) is 1.98. The maximum absolute atomic E-state index is 12.5. The molecule has 0 aliphatic carbocycles. The van der Waals surface area contributed by atoms with E-state index in [2.05, 4.69) is 5.32 Å². The number of anilines is 1. The van der Waals surface area contributed by atoms with Gasteiger partial charge in [0.05, 0.1) is 6.61 Å². The number of ether oxygens (including phenoxy) is 1. The molecule has 0 aliphatic rings. The van der Waals surface area contributed by atoms with Crippen LogP contribution >= 0.6 is 11.3 Å². The number of carbonyl (C=O) groups excluding carboxylic acids is 2. The first-order chi connectivity index (χ1) is 12.6. The van der Waals surface area contributed by atoms with Crippen molar-refractivity contribution >= 4 is 28.2 Å². The Morgan fingerprint density at radius 1 is 1.08 bits per heavy atom. The molecule has 0 atom stereocenters. The molecule has 2 N–H and O–H groups in total.